The van der Waals surface area contributed by atoms with Crippen molar-refractivity contribution < 1.29 is 0 Å². The van der Waals surface area contributed by atoms with Gasteiger partial charge in [0.25, 0.3) is 0 Å². The SMILES string of the molecule is C=C(C)NCC[C@@H](CSC(=N)N)c1ccc(CCSC(=N)N)cc1. The number of amidine groups is 2. The monoisotopic (exact) mass is 365 g/mol. The van der Waals surface area contributed by atoms with Crippen LogP contribution in [0.15, 0.2) is 36.5 Å². The molecule has 0 unspecified atom stereocenters. The van der Waals surface area contributed by atoms with Crippen molar-refractivity contribution in [3.8, 4) is 0 Å². The standard InChI is InChI=1S/C17H27N5S2/c1-12(2)22-9-7-15(11-24-17(20)21)14-5-3-13(4-6-14)8-10-23-16(18)19/h3-6,15,22H,1,7-11H2,2H3,(H3,18,19)(H3,20,21)/t15-/m0/s1. The van der Waals surface area contributed by atoms with E-state index < -0.39 is 0 Å². The van der Waals surface area contributed by atoms with Gasteiger partial charge in [0.1, 0.15) is 0 Å². The van der Waals surface area contributed by atoms with Crippen LogP contribution in [-0.2, 0) is 6.42 Å². The van der Waals surface area contributed by atoms with Gasteiger partial charge >= 0.3 is 0 Å². The van der Waals surface area contributed by atoms with Crippen molar-refractivity contribution in [3.63, 3.8) is 0 Å². The van der Waals surface area contributed by atoms with Crippen molar-refractivity contribution in [1.82, 2.24) is 5.32 Å². The predicted octanol–water partition coefficient (Wildman–Crippen LogP) is 3.08. The van der Waals surface area contributed by atoms with Gasteiger partial charge in [0.15, 0.2) is 10.3 Å². The summed E-state index contributed by atoms with van der Waals surface area (Å²) in [6.45, 7) is 6.66. The number of aryl methyl sites for hydroxylation is 1. The van der Waals surface area contributed by atoms with Crippen LogP contribution in [0.5, 0.6) is 0 Å². The number of nitrogens with one attached hydrogen (secondary N) is 3. The zero-order valence-electron chi connectivity index (χ0n) is 14.1. The molecule has 0 radical (unpaired) electrons. The molecule has 1 rings (SSSR count). The Kier molecular flexibility index (Phi) is 9.41. The summed E-state index contributed by atoms with van der Waals surface area (Å²) in [4.78, 5) is 0. The van der Waals surface area contributed by atoms with Crippen LogP contribution in [-0.4, -0.2) is 28.4 Å². The highest BCUT2D eigenvalue weighted by Crippen LogP contribution is 2.25. The van der Waals surface area contributed by atoms with E-state index in [0.717, 1.165) is 36.6 Å². The van der Waals surface area contributed by atoms with E-state index in [4.69, 9.17) is 22.3 Å². The van der Waals surface area contributed by atoms with Gasteiger partial charge in [-0.2, -0.15) is 0 Å². The zero-order valence-corrected chi connectivity index (χ0v) is 15.7. The zero-order chi connectivity index (χ0) is 17.9. The summed E-state index contributed by atoms with van der Waals surface area (Å²) in [6.07, 6.45) is 1.86. The van der Waals surface area contributed by atoms with Crippen molar-refractivity contribution in [1.29, 1.82) is 10.8 Å². The summed E-state index contributed by atoms with van der Waals surface area (Å²) in [5.74, 6) is 1.96. The lowest BCUT2D eigenvalue weighted by Gasteiger charge is -2.18. The van der Waals surface area contributed by atoms with Crippen LogP contribution in [0.1, 0.15) is 30.4 Å². The molecule has 5 nitrogen and oxygen atoms in total. The summed E-state index contributed by atoms with van der Waals surface area (Å²) < 4.78 is 0. The largest absolute Gasteiger partial charge is 0.389 e. The second-order valence-corrected chi connectivity index (χ2v) is 7.77. The lowest BCUT2D eigenvalue weighted by Crippen LogP contribution is -2.17. The normalized spacial score (nSPS) is 11.7. The molecule has 0 aromatic heterocycles. The smallest absolute Gasteiger partial charge is 0.151 e. The van der Waals surface area contributed by atoms with Crippen molar-refractivity contribution in [2.45, 2.75) is 25.7 Å². The van der Waals surface area contributed by atoms with E-state index in [1.165, 1.54) is 34.7 Å². The number of rotatable bonds is 10. The molecule has 0 aliphatic heterocycles. The van der Waals surface area contributed by atoms with Crippen molar-refractivity contribution in [2.24, 2.45) is 11.5 Å². The molecule has 1 aromatic rings. The van der Waals surface area contributed by atoms with Gasteiger partial charge in [-0.05, 0) is 36.8 Å². The highest BCUT2D eigenvalue weighted by atomic mass is 32.2. The summed E-state index contributed by atoms with van der Waals surface area (Å²) in [7, 11) is 0. The molecule has 0 spiro atoms. The molecule has 0 fully saturated rings. The quantitative estimate of drug-likeness (QED) is 0.323. The van der Waals surface area contributed by atoms with Gasteiger partial charge in [-0.25, -0.2) is 0 Å². The molecule has 1 atom stereocenters. The Morgan fingerprint density at radius 3 is 2.33 bits per heavy atom. The molecule has 1 aromatic carbocycles. The minimum Gasteiger partial charge on any atom is -0.389 e. The van der Waals surface area contributed by atoms with E-state index in [2.05, 4.69) is 36.2 Å². The third-order valence-corrected chi connectivity index (χ3v) is 5.06. The molecule has 0 aliphatic rings. The number of thioether (sulfide) groups is 2. The first kappa shape index (κ1) is 20.4. The highest BCUT2D eigenvalue weighted by Gasteiger charge is 2.12. The Hall–Kier alpha value is -1.60. The van der Waals surface area contributed by atoms with Gasteiger partial charge in [0.05, 0.1) is 0 Å². The van der Waals surface area contributed by atoms with Crippen LogP contribution in [0.3, 0.4) is 0 Å². The van der Waals surface area contributed by atoms with Crippen LogP contribution in [0.4, 0.5) is 0 Å². The molecular formula is C17H27N5S2. The molecule has 7 heteroatoms. The van der Waals surface area contributed by atoms with Crippen LogP contribution in [0.25, 0.3) is 0 Å². The molecule has 0 aliphatic carbocycles. The lowest BCUT2D eigenvalue weighted by atomic mass is 9.96. The fourth-order valence-electron chi connectivity index (χ4n) is 2.23. The third kappa shape index (κ3) is 8.88. The first-order valence-electron chi connectivity index (χ1n) is 7.80. The summed E-state index contributed by atoms with van der Waals surface area (Å²) in [6, 6.07) is 8.57. The van der Waals surface area contributed by atoms with E-state index in [1.807, 2.05) is 6.92 Å². The fourth-order valence-corrected chi connectivity index (χ4v) is 3.53. The van der Waals surface area contributed by atoms with E-state index in [1.54, 1.807) is 0 Å². The molecule has 7 N–H and O–H groups in total. The predicted molar refractivity (Wildman–Crippen MR) is 109 cm³/mol. The van der Waals surface area contributed by atoms with Gasteiger partial charge < -0.3 is 16.8 Å². The van der Waals surface area contributed by atoms with E-state index in [9.17, 15) is 0 Å². The van der Waals surface area contributed by atoms with E-state index in [-0.39, 0.29) is 10.3 Å². The first-order valence-corrected chi connectivity index (χ1v) is 9.77. The van der Waals surface area contributed by atoms with Crippen LogP contribution in [0, 0.1) is 10.8 Å². The second-order valence-electron chi connectivity index (χ2n) is 5.57. The van der Waals surface area contributed by atoms with Crippen molar-refractivity contribution in [3.05, 3.63) is 47.7 Å². The molecule has 0 amide bonds. The molecule has 24 heavy (non-hydrogen) atoms. The van der Waals surface area contributed by atoms with Crippen LogP contribution in [0.2, 0.25) is 0 Å². The Morgan fingerprint density at radius 1 is 1.17 bits per heavy atom. The summed E-state index contributed by atoms with van der Waals surface area (Å²) in [5, 5.41) is 18.2. The molecule has 0 saturated heterocycles. The van der Waals surface area contributed by atoms with Gasteiger partial charge in [-0.1, -0.05) is 54.4 Å². The van der Waals surface area contributed by atoms with Gasteiger partial charge in [-0.3, -0.25) is 10.8 Å². The molecule has 0 saturated carbocycles. The maximum atomic E-state index is 7.42. The van der Waals surface area contributed by atoms with Gasteiger partial charge in [0, 0.05) is 23.7 Å². The molecule has 132 valence electrons. The molecule has 0 heterocycles. The van der Waals surface area contributed by atoms with Crippen LogP contribution >= 0.6 is 23.5 Å². The number of nitrogens with two attached hydrogens (primary N) is 2. The average Bonchev–Trinajstić information content (AvgIpc) is 2.50. The minimum atomic E-state index is 0.158. The maximum absolute atomic E-state index is 7.42. The van der Waals surface area contributed by atoms with Crippen molar-refractivity contribution in [2.75, 3.05) is 18.1 Å². The Balaban J connectivity index is 2.64. The third-order valence-electron chi connectivity index (χ3n) is 3.46. The Labute approximate surface area is 153 Å². The number of benzene rings is 1. The summed E-state index contributed by atoms with van der Waals surface area (Å²) in [5.41, 5.74) is 14.3. The molecule has 0 bridgehead atoms. The lowest BCUT2D eigenvalue weighted by molar-refractivity contribution is 0.645. The fraction of sp³-hybridized carbons (Fsp3) is 0.412. The first-order chi connectivity index (χ1) is 11.4. The topological polar surface area (TPSA) is 112 Å². The number of hydrogen-bond donors (Lipinski definition) is 5. The Bertz CT molecular complexity index is 557. The number of allylic oxidation sites excluding steroid dienone is 1. The van der Waals surface area contributed by atoms with Gasteiger partial charge in [-0.15, -0.1) is 0 Å². The second kappa shape index (κ2) is 11.0. The van der Waals surface area contributed by atoms with Crippen molar-refractivity contribution >= 4 is 33.9 Å². The highest BCUT2D eigenvalue weighted by molar-refractivity contribution is 8.13. The minimum absolute atomic E-state index is 0.158. The average molecular weight is 366 g/mol. The molecular weight excluding hydrogens is 338 g/mol. The van der Waals surface area contributed by atoms with Gasteiger partial charge in [0.2, 0.25) is 0 Å². The van der Waals surface area contributed by atoms with E-state index >= 15 is 0 Å². The maximum Gasteiger partial charge on any atom is 0.151 e. The van der Waals surface area contributed by atoms with E-state index in [0.29, 0.717) is 5.92 Å². The van der Waals surface area contributed by atoms with Crippen LogP contribution < -0.4 is 16.8 Å². The Morgan fingerprint density at radius 2 is 1.79 bits per heavy atom. The summed E-state index contributed by atoms with van der Waals surface area (Å²) >= 11 is 2.75. The number of hydrogen-bond acceptors (Lipinski definition) is 5.